The van der Waals surface area contributed by atoms with E-state index in [1.165, 1.54) is 117 Å². The van der Waals surface area contributed by atoms with Gasteiger partial charge in [-0.15, -0.1) is 11.3 Å². The lowest BCUT2D eigenvalue weighted by molar-refractivity contribution is 0.332. The van der Waals surface area contributed by atoms with Crippen LogP contribution in [0.25, 0.3) is 21.2 Å². The quantitative estimate of drug-likeness (QED) is 0.164. The van der Waals surface area contributed by atoms with Crippen LogP contribution >= 0.6 is 11.3 Å². The highest BCUT2D eigenvalue weighted by molar-refractivity contribution is 7.33. The fraction of sp³-hybridized carbons (Fsp3) is 0.356. The summed E-state index contributed by atoms with van der Waals surface area (Å²) in [4.78, 5) is 5.33. The molecule has 0 saturated carbocycles. The fourth-order valence-corrected chi connectivity index (χ4v) is 12.1. The second-order valence-electron chi connectivity index (χ2n) is 23.5. The molecule has 7 aromatic rings. The van der Waals surface area contributed by atoms with Crippen molar-refractivity contribution in [3.63, 3.8) is 0 Å². The molecule has 1 aromatic heterocycles. The number of nitrogens with zero attached hydrogens (tertiary/aromatic N) is 2. The van der Waals surface area contributed by atoms with Gasteiger partial charge in [0.15, 0.2) is 0 Å². The minimum atomic E-state index is -0.00632. The van der Waals surface area contributed by atoms with E-state index in [1.807, 2.05) is 11.3 Å². The van der Waals surface area contributed by atoms with Crippen molar-refractivity contribution in [2.75, 3.05) is 9.80 Å². The molecule has 0 saturated heterocycles. The van der Waals surface area contributed by atoms with E-state index in [0.717, 1.165) is 0 Å². The number of fused-ring (bicyclic) bond motifs is 7. The standard InChI is InChI=1S/C59H65BN2S/c1-36-30-49-52-50(31-36)62(47-26-22-39(56(5,6)7)32-42(47)37-18-16-15-17-19-37)53-43-33-40(57(8,9)10)23-27-51(43)63-54(53)60(52)46-34-44-45(59(13,14)29-28-58(44,11)12)35-48(46)61(49)41-24-20-38(21-25-41)55(2,3)4/h15-27,30-35H,28-29H2,1-14H3. The van der Waals surface area contributed by atoms with Gasteiger partial charge >= 0.3 is 0 Å². The lowest BCUT2D eigenvalue weighted by Crippen LogP contribution is -2.61. The van der Waals surface area contributed by atoms with Crippen LogP contribution in [0, 0.1) is 6.92 Å². The van der Waals surface area contributed by atoms with Gasteiger partial charge in [0.2, 0.25) is 0 Å². The van der Waals surface area contributed by atoms with E-state index in [-0.39, 0.29) is 33.8 Å². The summed E-state index contributed by atoms with van der Waals surface area (Å²) in [6.07, 6.45) is 2.36. The van der Waals surface area contributed by atoms with E-state index >= 15 is 0 Å². The highest BCUT2D eigenvalue weighted by atomic mass is 32.1. The first-order valence-corrected chi connectivity index (χ1v) is 24.2. The number of rotatable bonds is 3. The van der Waals surface area contributed by atoms with Crippen molar-refractivity contribution in [3.8, 4) is 11.1 Å². The van der Waals surface area contributed by atoms with Crippen molar-refractivity contribution in [1.82, 2.24) is 0 Å². The van der Waals surface area contributed by atoms with Gasteiger partial charge in [-0.3, -0.25) is 0 Å². The molecule has 4 heteroatoms. The van der Waals surface area contributed by atoms with Gasteiger partial charge in [-0.25, -0.2) is 0 Å². The van der Waals surface area contributed by atoms with E-state index in [2.05, 4.69) is 222 Å². The smallest absolute Gasteiger partial charge is 0.264 e. The molecule has 0 amide bonds. The van der Waals surface area contributed by atoms with Gasteiger partial charge < -0.3 is 9.80 Å². The van der Waals surface area contributed by atoms with Gasteiger partial charge in [0.25, 0.3) is 6.71 Å². The van der Waals surface area contributed by atoms with Crippen LogP contribution in [0.5, 0.6) is 0 Å². The van der Waals surface area contributed by atoms with Gasteiger partial charge in [0.05, 0.1) is 11.4 Å². The molecular formula is C59H65BN2S. The average Bonchev–Trinajstić information content (AvgIpc) is 3.60. The van der Waals surface area contributed by atoms with Gasteiger partial charge in [-0.2, -0.15) is 0 Å². The summed E-state index contributed by atoms with van der Waals surface area (Å²) in [5, 5.41) is 1.34. The number of benzene rings is 6. The summed E-state index contributed by atoms with van der Waals surface area (Å²) in [5.41, 5.74) is 21.5. The Morgan fingerprint density at radius 1 is 0.540 bits per heavy atom. The molecule has 0 bridgehead atoms. The lowest BCUT2D eigenvalue weighted by atomic mass is 9.35. The summed E-state index contributed by atoms with van der Waals surface area (Å²) in [6, 6.07) is 45.5. The zero-order valence-corrected chi connectivity index (χ0v) is 41.1. The molecule has 0 fully saturated rings. The Morgan fingerprint density at radius 3 is 1.71 bits per heavy atom. The summed E-state index contributed by atoms with van der Waals surface area (Å²) < 4.78 is 2.78. The van der Waals surface area contributed by atoms with Crippen LogP contribution in [0.1, 0.15) is 136 Å². The van der Waals surface area contributed by atoms with Crippen molar-refractivity contribution in [1.29, 1.82) is 0 Å². The number of thiophene rings is 1. The SMILES string of the molecule is Cc1cc2c3c(c1)N(c1ccc(C(C)(C)C)cc1-c1ccccc1)c1c(sc4ccc(C(C)(C)C)cc14)B3c1cc3c(cc1N2c1ccc(C(C)(C)C)cc1)C(C)(C)CCC3(C)C. The van der Waals surface area contributed by atoms with Crippen molar-refractivity contribution in [2.45, 2.75) is 137 Å². The van der Waals surface area contributed by atoms with E-state index in [0.29, 0.717) is 0 Å². The normalized spacial score (nSPS) is 16.4. The summed E-state index contributed by atoms with van der Waals surface area (Å²) in [5.74, 6) is 0. The number of aryl methyl sites for hydroxylation is 1. The van der Waals surface area contributed by atoms with Crippen LogP contribution in [-0.2, 0) is 27.1 Å². The summed E-state index contributed by atoms with van der Waals surface area (Å²) >= 11 is 2.01. The molecular weight excluding hydrogens is 780 g/mol. The topological polar surface area (TPSA) is 6.48 Å². The monoisotopic (exact) mass is 844 g/mol. The molecule has 0 atom stereocenters. The maximum atomic E-state index is 2.69. The van der Waals surface area contributed by atoms with Crippen molar-refractivity contribution in [2.24, 2.45) is 0 Å². The van der Waals surface area contributed by atoms with E-state index < -0.39 is 0 Å². The molecule has 0 spiro atoms. The zero-order chi connectivity index (χ0) is 44.8. The molecule has 2 nitrogen and oxygen atoms in total. The van der Waals surface area contributed by atoms with Crippen LogP contribution in [0.2, 0.25) is 0 Å². The van der Waals surface area contributed by atoms with Crippen molar-refractivity contribution >= 4 is 78.0 Å². The number of hydrogen-bond donors (Lipinski definition) is 0. The third kappa shape index (κ3) is 6.72. The van der Waals surface area contributed by atoms with E-state index in [1.54, 1.807) is 0 Å². The third-order valence-electron chi connectivity index (χ3n) is 14.8. The third-order valence-corrected chi connectivity index (χ3v) is 16.0. The molecule has 6 aromatic carbocycles. The molecule has 320 valence electrons. The van der Waals surface area contributed by atoms with Crippen molar-refractivity contribution in [3.05, 3.63) is 149 Å². The van der Waals surface area contributed by atoms with Crippen LogP contribution < -0.4 is 25.5 Å². The molecule has 0 unspecified atom stereocenters. The average molecular weight is 845 g/mol. The maximum absolute atomic E-state index is 2.69. The molecule has 10 rings (SSSR count). The van der Waals surface area contributed by atoms with E-state index in [4.69, 9.17) is 0 Å². The molecule has 0 radical (unpaired) electrons. The molecule has 1 aliphatic carbocycles. The largest absolute Gasteiger partial charge is 0.311 e. The molecule has 0 N–H and O–H groups in total. The Hall–Kier alpha value is -5.06. The van der Waals surface area contributed by atoms with Gasteiger partial charge in [-0.1, -0.05) is 151 Å². The molecule has 2 aliphatic heterocycles. The maximum Gasteiger partial charge on any atom is 0.264 e. The number of hydrogen-bond acceptors (Lipinski definition) is 3. The van der Waals surface area contributed by atoms with Gasteiger partial charge in [-0.05, 0) is 151 Å². The van der Waals surface area contributed by atoms with Gasteiger partial charge in [0, 0.05) is 43.2 Å². The van der Waals surface area contributed by atoms with Crippen LogP contribution in [0.4, 0.5) is 34.1 Å². The first kappa shape index (κ1) is 41.9. The lowest BCUT2D eigenvalue weighted by Gasteiger charge is -2.47. The minimum absolute atomic E-state index is 0.00561. The Labute approximate surface area is 382 Å². The van der Waals surface area contributed by atoms with Gasteiger partial charge in [0.1, 0.15) is 0 Å². The Kier molecular flexibility index (Phi) is 9.30. The highest BCUT2D eigenvalue weighted by Crippen LogP contribution is 2.53. The molecule has 3 aliphatic rings. The van der Waals surface area contributed by atoms with Crippen molar-refractivity contribution < 1.29 is 0 Å². The predicted molar refractivity (Wildman–Crippen MR) is 277 cm³/mol. The molecule has 3 heterocycles. The van der Waals surface area contributed by atoms with Crippen LogP contribution in [0.3, 0.4) is 0 Å². The fourth-order valence-electron chi connectivity index (χ4n) is 10.8. The second kappa shape index (κ2) is 14.0. The zero-order valence-electron chi connectivity index (χ0n) is 40.3. The van der Waals surface area contributed by atoms with E-state index in [9.17, 15) is 0 Å². The first-order valence-electron chi connectivity index (χ1n) is 23.3. The first-order chi connectivity index (χ1) is 29.5. The summed E-state index contributed by atoms with van der Waals surface area (Å²) in [6.45, 7) is 33.3. The summed E-state index contributed by atoms with van der Waals surface area (Å²) in [7, 11) is 0. The number of anilines is 6. The Balaban J connectivity index is 1.35. The minimum Gasteiger partial charge on any atom is -0.311 e. The second-order valence-corrected chi connectivity index (χ2v) is 24.5. The highest BCUT2D eigenvalue weighted by Gasteiger charge is 2.48. The predicted octanol–water partition coefficient (Wildman–Crippen LogP) is 15.2. The Bertz CT molecular complexity index is 2960. The Morgan fingerprint density at radius 2 is 1.10 bits per heavy atom. The van der Waals surface area contributed by atoms with Crippen LogP contribution in [-0.4, -0.2) is 6.71 Å². The molecule has 63 heavy (non-hydrogen) atoms. The van der Waals surface area contributed by atoms with Crippen LogP contribution in [0.15, 0.2) is 115 Å².